The maximum atomic E-state index is 11.9. The highest BCUT2D eigenvalue weighted by molar-refractivity contribution is 7.87. The van der Waals surface area contributed by atoms with Gasteiger partial charge in [-0.25, -0.2) is 4.72 Å². The molecule has 0 aromatic heterocycles. The number of hydrogen-bond acceptors (Lipinski definition) is 2. The van der Waals surface area contributed by atoms with Crippen molar-refractivity contribution in [2.24, 2.45) is 5.92 Å². The molecule has 0 unspecified atom stereocenters. The Labute approximate surface area is 104 Å². The second-order valence-corrected chi connectivity index (χ2v) is 6.35. The van der Waals surface area contributed by atoms with Crippen LogP contribution in [0.1, 0.15) is 19.4 Å². The van der Waals surface area contributed by atoms with Gasteiger partial charge in [0.2, 0.25) is 0 Å². The molecule has 0 aliphatic rings. The zero-order valence-electron chi connectivity index (χ0n) is 10.6. The molecule has 5 heteroatoms. The van der Waals surface area contributed by atoms with Crippen molar-refractivity contribution in [1.82, 2.24) is 9.03 Å². The van der Waals surface area contributed by atoms with Crippen LogP contribution in [0.3, 0.4) is 0 Å². The number of nitrogens with one attached hydrogen (secondary N) is 1. The van der Waals surface area contributed by atoms with Crippen LogP contribution in [0.4, 0.5) is 0 Å². The number of hydrogen-bond donors (Lipinski definition) is 1. The minimum Gasteiger partial charge on any atom is -0.202 e. The lowest BCUT2D eigenvalue weighted by atomic mass is 10.2. The van der Waals surface area contributed by atoms with Gasteiger partial charge in [-0.05, 0) is 11.5 Å². The highest BCUT2D eigenvalue weighted by atomic mass is 32.2. The van der Waals surface area contributed by atoms with E-state index in [1.54, 1.807) is 7.05 Å². The quantitative estimate of drug-likeness (QED) is 0.840. The summed E-state index contributed by atoms with van der Waals surface area (Å²) in [6.45, 7) is 4.79. The average molecular weight is 256 g/mol. The van der Waals surface area contributed by atoms with Crippen LogP contribution in [0.5, 0.6) is 0 Å². The van der Waals surface area contributed by atoms with Crippen molar-refractivity contribution in [3.8, 4) is 0 Å². The van der Waals surface area contributed by atoms with Gasteiger partial charge in [0.15, 0.2) is 0 Å². The standard InChI is InChI=1S/C12H20N2O2S/c1-11(2)9-13-17(15,16)14(3)10-12-7-5-4-6-8-12/h4-8,11,13H,9-10H2,1-3H3. The largest absolute Gasteiger partial charge is 0.279 e. The molecular formula is C12H20N2O2S. The van der Waals surface area contributed by atoms with E-state index >= 15 is 0 Å². The van der Waals surface area contributed by atoms with Crippen LogP contribution in [-0.4, -0.2) is 26.3 Å². The summed E-state index contributed by atoms with van der Waals surface area (Å²) in [5, 5.41) is 0. The second kappa shape index (κ2) is 6.14. The lowest BCUT2D eigenvalue weighted by Gasteiger charge is -2.18. The van der Waals surface area contributed by atoms with Crippen LogP contribution in [0.15, 0.2) is 30.3 Å². The minimum atomic E-state index is -3.37. The van der Waals surface area contributed by atoms with E-state index < -0.39 is 10.2 Å². The molecule has 0 heterocycles. The lowest BCUT2D eigenvalue weighted by molar-refractivity contribution is 0.449. The molecule has 1 aromatic rings. The topological polar surface area (TPSA) is 49.4 Å². The fourth-order valence-corrected chi connectivity index (χ4v) is 2.39. The number of nitrogens with zero attached hydrogens (tertiary/aromatic N) is 1. The van der Waals surface area contributed by atoms with E-state index in [1.807, 2.05) is 44.2 Å². The van der Waals surface area contributed by atoms with E-state index in [9.17, 15) is 8.42 Å². The van der Waals surface area contributed by atoms with Crippen molar-refractivity contribution in [3.05, 3.63) is 35.9 Å². The molecule has 96 valence electrons. The Morgan fingerprint density at radius 1 is 1.24 bits per heavy atom. The molecule has 0 saturated carbocycles. The molecule has 0 atom stereocenters. The van der Waals surface area contributed by atoms with Crippen LogP contribution < -0.4 is 4.72 Å². The molecule has 0 spiro atoms. The maximum absolute atomic E-state index is 11.9. The van der Waals surface area contributed by atoms with E-state index in [0.717, 1.165) is 5.56 Å². The molecule has 4 nitrogen and oxygen atoms in total. The molecule has 1 aromatic carbocycles. The Kier molecular flexibility index (Phi) is 5.11. The van der Waals surface area contributed by atoms with Gasteiger partial charge in [0.05, 0.1) is 0 Å². The summed E-state index contributed by atoms with van der Waals surface area (Å²) >= 11 is 0. The summed E-state index contributed by atoms with van der Waals surface area (Å²) in [5.41, 5.74) is 0.977. The summed E-state index contributed by atoms with van der Waals surface area (Å²) in [6, 6.07) is 9.53. The average Bonchev–Trinajstić information content (AvgIpc) is 2.28. The van der Waals surface area contributed by atoms with Gasteiger partial charge in [-0.15, -0.1) is 0 Å². The predicted octanol–water partition coefficient (Wildman–Crippen LogP) is 1.61. The first-order chi connectivity index (χ1) is 7.92. The zero-order valence-corrected chi connectivity index (χ0v) is 11.4. The SMILES string of the molecule is CC(C)CNS(=O)(=O)N(C)Cc1ccccc1. The first-order valence-electron chi connectivity index (χ1n) is 5.66. The van der Waals surface area contributed by atoms with E-state index in [2.05, 4.69) is 4.72 Å². The Bertz CT molecular complexity index is 429. The van der Waals surface area contributed by atoms with Gasteiger partial charge in [0.1, 0.15) is 0 Å². The molecule has 0 amide bonds. The van der Waals surface area contributed by atoms with Crippen molar-refractivity contribution < 1.29 is 8.42 Å². The molecule has 1 N–H and O–H groups in total. The van der Waals surface area contributed by atoms with Crippen LogP contribution in [0.25, 0.3) is 0 Å². The summed E-state index contributed by atoms with van der Waals surface area (Å²) in [7, 11) is -1.79. The molecule has 0 fully saturated rings. The Morgan fingerprint density at radius 2 is 1.82 bits per heavy atom. The van der Waals surface area contributed by atoms with Gasteiger partial charge in [-0.1, -0.05) is 44.2 Å². The fraction of sp³-hybridized carbons (Fsp3) is 0.500. The Balaban J connectivity index is 2.60. The van der Waals surface area contributed by atoms with Crippen molar-refractivity contribution in [3.63, 3.8) is 0 Å². The summed E-state index contributed by atoms with van der Waals surface area (Å²) in [5.74, 6) is 0.301. The van der Waals surface area contributed by atoms with E-state index in [1.165, 1.54) is 4.31 Å². The van der Waals surface area contributed by atoms with Gasteiger partial charge in [0, 0.05) is 20.1 Å². The Morgan fingerprint density at radius 3 is 2.35 bits per heavy atom. The van der Waals surface area contributed by atoms with E-state index in [4.69, 9.17) is 0 Å². The second-order valence-electron chi connectivity index (χ2n) is 4.49. The highest BCUT2D eigenvalue weighted by Crippen LogP contribution is 2.05. The van der Waals surface area contributed by atoms with Gasteiger partial charge >= 0.3 is 0 Å². The molecular weight excluding hydrogens is 236 g/mol. The van der Waals surface area contributed by atoms with Crippen LogP contribution in [0.2, 0.25) is 0 Å². The number of rotatable bonds is 6. The van der Waals surface area contributed by atoms with Gasteiger partial charge in [-0.2, -0.15) is 12.7 Å². The smallest absolute Gasteiger partial charge is 0.202 e. The van der Waals surface area contributed by atoms with Gasteiger partial charge < -0.3 is 0 Å². The molecule has 1 rings (SSSR count). The highest BCUT2D eigenvalue weighted by Gasteiger charge is 2.17. The predicted molar refractivity (Wildman–Crippen MR) is 69.7 cm³/mol. The monoisotopic (exact) mass is 256 g/mol. The summed E-state index contributed by atoms with van der Waals surface area (Å²) in [4.78, 5) is 0. The van der Waals surface area contributed by atoms with Crippen molar-refractivity contribution in [2.75, 3.05) is 13.6 Å². The molecule has 0 saturated heterocycles. The van der Waals surface area contributed by atoms with Crippen LogP contribution in [-0.2, 0) is 16.8 Å². The number of benzene rings is 1. The molecule has 0 aliphatic heterocycles. The molecule has 17 heavy (non-hydrogen) atoms. The summed E-state index contributed by atoms with van der Waals surface area (Å²) in [6.07, 6.45) is 0. The van der Waals surface area contributed by atoms with Gasteiger partial charge in [0.25, 0.3) is 10.2 Å². The van der Waals surface area contributed by atoms with Crippen molar-refractivity contribution in [2.45, 2.75) is 20.4 Å². The van der Waals surface area contributed by atoms with Crippen molar-refractivity contribution >= 4 is 10.2 Å². The third kappa shape index (κ3) is 4.85. The first-order valence-corrected chi connectivity index (χ1v) is 7.10. The van der Waals surface area contributed by atoms with Gasteiger partial charge in [-0.3, -0.25) is 0 Å². The maximum Gasteiger partial charge on any atom is 0.279 e. The zero-order chi connectivity index (χ0) is 12.9. The van der Waals surface area contributed by atoms with E-state index in [-0.39, 0.29) is 0 Å². The Hall–Kier alpha value is -0.910. The third-order valence-corrected chi connectivity index (χ3v) is 3.81. The summed E-state index contributed by atoms with van der Waals surface area (Å²) < 4.78 is 27.6. The van der Waals surface area contributed by atoms with E-state index in [0.29, 0.717) is 19.0 Å². The molecule has 0 bridgehead atoms. The van der Waals surface area contributed by atoms with Crippen LogP contribution in [0, 0.1) is 5.92 Å². The first kappa shape index (κ1) is 14.2. The fourth-order valence-electron chi connectivity index (χ4n) is 1.31. The normalized spacial score (nSPS) is 12.3. The third-order valence-electron chi connectivity index (χ3n) is 2.33. The lowest BCUT2D eigenvalue weighted by Crippen LogP contribution is -2.39. The molecule has 0 radical (unpaired) electrons. The molecule has 0 aliphatic carbocycles. The van der Waals surface area contributed by atoms with Crippen LogP contribution >= 0.6 is 0 Å². The minimum absolute atomic E-state index is 0.301. The van der Waals surface area contributed by atoms with Crippen molar-refractivity contribution in [1.29, 1.82) is 0 Å².